The van der Waals surface area contributed by atoms with Crippen molar-refractivity contribution in [1.82, 2.24) is 0 Å². The minimum atomic E-state index is -1.07. The molecule has 0 heterocycles. The molecule has 2 unspecified atom stereocenters. The summed E-state index contributed by atoms with van der Waals surface area (Å²) in [5.41, 5.74) is 1.27. The van der Waals surface area contributed by atoms with E-state index in [2.05, 4.69) is 0 Å². The van der Waals surface area contributed by atoms with E-state index in [4.69, 9.17) is 10.4 Å². The minimum absolute atomic E-state index is 0.0584. The van der Waals surface area contributed by atoms with Gasteiger partial charge in [0.15, 0.2) is 0 Å². The van der Waals surface area contributed by atoms with Crippen LogP contribution in [0.4, 0.5) is 0 Å². The predicted molar refractivity (Wildman–Crippen MR) is 53.6 cm³/mol. The molecule has 0 saturated carbocycles. The number of nitrogens with zero attached hydrogens (tertiary/aromatic N) is 1. The van der Waals surface area contributed by atoms with Crippen LogP contribution < -0.4 is 0 Å². The molecule has 0 aliphatic heterocycles. The van der Waals surface area contributed by atoms with Crippen molar-refractivity contribution in [3.05, 3.63) is 35.4 Å². The number of hydrogen-bond donors (Lipinski definition) is 3. The van der Waals surface area contributed by atoms with Gasteiger partial charge in [0, 0.05) is 0 Å². The van der Waals surface area contributed by atoms with Gasteiger partial charge < -0.3 is 15.3 Å². The molecule has 0 amide bonds. The van der Waals surface area contributed by atoms with E-state index >= 15 is 0 Å². The lowest BCUT2D eigenvalue weighted by molar-refractivity contribution is 0.0216. The third kappa shape index (κ3) is 3.03. The van der Waals surface area contributed by atoms with Crippen LogP contribution in [0.15, 0.2) is 24.3 Å². The fourth-order valence-electron chi connectivity index (χ4n) is 1.25. The van der Waals surface area contributed by atoms with Crippen LogP contribution in [0.2, 0.25) is 0 Å². The number of rotatable bonds is 4. The summed E-state index contributed by atoms with van der Waals surface area (Å²) in [5.74, 6) is 0. The maximum atomic E-state index is 9.62. The largest absolute Gasteiger partial charge is 0.392 e. The third-order valence-electron chi connectivity index (χ3n) is 2.17. The number of benzene rings is 1. The number of hydrogen-bond acceptors (Lipinski definition) is 4. The molecule has 1 aromatic rings. The topological polar surface area (TPSA) is 84.5 Å². The Hall–Kier alpha value is -1.41. The first-order valence-corrected chi connectivity index (χ1v) is 4.61. The monoisotopic (exact) mass is 207 g/mol. The van der Waals surface area contributed by atoms with Gasteiger partial charge in [-0.15, -0.1) is 0 Å². The molecule has 4 nitrogen and oxygen atoms in total. The summed E-state index contributed by atoms with van der Waals surface area (Å²) in [6.45, 7) is -0.0584. The zero-order valence-corrected chi connectivity index (χ0v) is 8.17. The zero-order valence-electron chi connectivity index (χ0n) is 8.17. The average Bonchev–Trinajstić information content (AvgIpc) is 2.28. The predicted octanol–water partition coefficient (Wildman–Crippen LogP) is 0.487. The van der Waals surface area contributed by atoms with Crippen LogP contribution in [-0.4, -0.2) is 21.4 Å². The first kappa shape index (κ1) is 11.7. The molecule has 0 fully saturated rings. The van der Waals surface area contributed by atoms with Crippen LogP contribution >= 0.6 is 0 Å². The molecule has 15 heavy (non-hydrogen) atoms. The lowest BCUT2D eigenvalue weighted by atomic mass is 10.0. The molecule has 0 aliphatic rings. The van der Waals surface area contributed by atoms with E-state index in [1.165, 1.54) is 0 Å². The van der Waals surface area contributed by atoms with Gasteiger partial charge in [0.25, 0.3) is 0 Å². The van der Waals surface area contributed by atoms with Crippen LogP contribution in [0.1, 0.15) is 23.7 Å². The van der Waals surface area contributed by atoms with E-state index in [0.29, 0.717) is 5.56 Å². The third-order valence-corrected chi connectivity index (χ3v) is 2.17. The summed E-state index contributed by atoms with van der Waals surface area (Å²) < 4.78 is 0. The van der Waals surface area contributed by atoms with Crippen LogP contribution in [0.25, 0.3) is 0 Å². The van der Waals surface area contributed by atoms with E-state index in [1.807, 2.05) is 0 Å². The highest BCUT2D eigenvalue weighted by molar-refractivity contribution is 5.24. The molecule has 0 aliphatic carbocycles. The maximum absolute atomic E-state index is 9.62. The summed E-state index contributed by atoms with van der Waals surface area (Å²) in [7, 11) is 0. The van der Waals surface area contributed by atoms with E-state index < -0.39 is 12.2 Å². The second kappa shape index (κ2) is 5.47. The summed E-state index contributed by atoms with van der Waals surface area (Å²) in [6.07, 6.45) is -2.24. The Balaban J connectivity index is 2.74. The second-order valence-electron chi connectivity index (χ2n) is 3.27. The molecule has 1 rings (SSSR count). The molecule has 4 heteroatoms. The summed E-state index contributed by atoms with van der Waals surface area (Å²) in [5, 5.41) is 36.2. The highest BCUT2D eigenvalue weighted by Gasteiger charge is 2.17. The summed E-state index contributed by atoms with van der Waals surface area (Å²) >= 11 is 0. The van der Waals surface area contributed by atoms with Crippen molar-refractivity contribution >= 4 is 0 Å². The number of aliphatic hydroxyl groups is 3. The number of nitriles is 1. The fraction of sp³-hybridized carbons (Fsp3) is 0.364. The van der Waals surface area contributed by atoms with Crippen LogP contribution in [0.5, 0.6) is 0 Å². The van der Waals surface area contributed by atoms with Crippen LogP contribution in [-0.2, 0) is 6.61 Å². The van der Waals surface area contributed by atoms with E-state index in [0.717, 1.165) is 5.56 Å². The first-order chi connectivity index (χ1) is 7.19. The standard InChI is InChI=1S/C11H13NO3/c12-6-5-10(14)11(15)9-3-1-8(7-13)2-4-9/h1-4,10-11,13-15H,5,7H2. The Bertz CT molecular complexity index is 342. The van der Waals surface area contributed by atoms with Gasteiger partial charge in [-0.2, -0.15) is 5.26 Å². The Morgan fingerprint density at radius 2 is 1.80 bits per heavy atom. The van der Waals surface area contributed by atoms with Gasteiger partial charge in [0.2, 0.25) is 0 Å². The van der Waals surface area contributed by atoms with Gasteiger partial charge in [0.1, 0.15) is 6.10 Å². The zero-order chi connectivity index (χ0) is 11.3. The van der Waals surface area contributed by atoms with Crippen molar-refractivity contribution in [3.63, 3.8) is 0 Å². The second-order valence-corrected chi connectivity index (χ2v) is 3.27. The Labute approximate surface area is 88.0 Å². The molecule has 0 saturated heterocycles. The van der Waals surface area contributed by atoms with E-state index in [9.17, 15) is 10.2 Å². The summed E-state index contributed by atoms with van der Waals surface area (Å²) in [6, 6.07) is 8.36. The van der Waals surface area contributed by atoms with Gasteiger partial charge in [-0.3, -0.25) is 0 Å². The molecular formula is C11H13NO3. The highest BCUT2D eigenvalue weighted by atomic mass is 16.3. The van der Waals surface area contributed by atoms with E-state index in [1.54, 1.807) is 30.3 Å². The van der Waals surface area contributed by atoms with Crippen LogP contribution in [0, 0.1) is 11.3 Å². The molecule has 0 spiro atoms. The molecule has 0 aromatic heterocycles. The number of aliphatic hydroxyl groups excluding tert-OH is 3. The van der Waals surface area contributed by atoms with Gasteiger partial charge in [-0.1, -0.05) is 24.3 Å². The fourth-order valence-corrected chi connectivity index (χ4v) is 1.25. The van der Waals surface area contributed by atoms with Gasteiger partial charge >= 0.3 is 0 Å². The van der Waals surface area contributed by atoms with Crippen molar-refractivity contribution in [1.29, 1.82) is 5.26 Å². The molecule has 2 atom stereocenters. The normalized spacial score (nSPS) is 14.3. The van der Waals surface area contributed by atoms with Crippen molar-refractivity contribution in [2.45, 2.75) is 25.2 Å². The Kier molecular flexibility index (Phi) is 4.25. The van der Waals surface area contributed by atoms with Gasteiger partial charge in [-0.05, 0) is 11.1 Å². The Morgan fingerprint density at radius 1 is 1.20 bits per heavy atom. The minimum Gasteiger partial charge on any atom is -0.392 e. The summed E-state index contributed by atoms with van der Waals surface area (Å²) in [4.78, 5) is 0. The Morgan fingerprint density at radius 3 is 2.27 bits per heavy atom. The van der Waals surface area contributed by atoms with Gasteiger partial charge in [-0.25, -0.2) is 0 Å². The average molecular weight is 207 g/mol. The molecular weight excluding hydrogens is 194 g/mol. The molecule has 3 N–H and O–H groups in total. The quantitative estimate of drug-likeness (QED) is 0.670. The highest BCUT2D eigenvalue weighted by Crippen LogP contribution is 2.19. The van der Waals surface area contributed by atoms with Crippen molar-refractivity contribution in [2.24, 2.45) is 0 Å². The molecule has 0 radical (unpaired) electrons. The lowest BCUT2D eigenvalue weighted by Crippen LogP contribution is -2.17. The first-order valence-electron chi connectivity index (χ1n) is 4.61. The maximum Gasteiger partial charge on any atom is 0.106 e. The molecule has 1 aromatic carbocycles. The molecule has 80 valence electrons. The molecule has 0 bridgehead atoms. The van der Waals surface area contributed by atoms with Crippen molar-refractivity contribution in [3.8, 4) is 6.07 Å². The van der Waals surface area contributed by atoms with E-state index in [-0.39, 0.29) is 13.0 Å². The lowest BCUT2D eigenvalue weighted by Gasteiger charge is -2.15. The van der Waals surface area contributed by atoms with Crippen LogP contribution in [0.3, 0.4) is 0 Å². The smallest absolute Gasteiger partial charge is 0.106 e. The van der Waals surface area contributed by atoms with Gasteiger partial charge in [0.05, 0.1) is 25.2 Å². The van der Waals surface area contributed by atoms with Crippen molar-refractivity contribution in [2.75, 3.05) is 0 Å². The SMILES string of the molecule is N#CCC(O)C(O)c1ccc(CO)cc1. The van der Waals surface area contributed by atoms with Crippen molar-refractivity contribution < 1.29 is 15.3 Å².